The number of carbonyl (C=O) groups is 1. The molecule has 0 radical (unpaired) electrons. The number of nitrogens with zero attached hydrogens (tertiary/aromatic N) is 2. The molecule has 1 aliphatic rings. The first-order chi connectivity index (χ1) is 11.5. The number of nitrogens with one attached hydrogen (secondary N) is 1. The van der Waals surface area contributed by atoms with Crippen molar-refractivity contribution in [3.05, 3.63) is 18.3 Å². The van der Waals surface area contributed by atoms with E-state index in [1.807, 2.05) is 0 Å². The second kappa shape index (κ2) is 8.98. The van der Waals surface area contributed by atoms with Crippen molar-refractivity contribution in [3.63, 3.8) is 0 Å². The minimum Gasteiger partial charge on any atom is -0.481 e. The van der Waals surface area contributed by atoms with Crippen molar-refractivity contribution in [2.24, 2.45) is 0 Å². The third-order valence-electron chi connectivity index (χ3n) is 3.99. The normalized spacial score (nSPS) is 15.9. The van der Waals surface area contributed by atoms with E-state index < -0.39 is 10.0 Å². The van der Waals surface area contributed by atoms with Crippen molar-refractivity contribution in [2.45, 2.75) is 38.5 Å². The molecule has 1 amide bonds. The van der Waals surface area contributed by atoms with Crippen LogP contribution in [0.3, 0.4) is 0 Å². The molecule has 0 unspecified atom stereocenters. The predicted molar refractivity (Wildman–Crippen MR) is 92.5 cm³/mol. The molecular weight excluding hydrogens is 330 g/mol. The van der Waals surface area contributed by atoms with Crippen LogP contribution in [0.5, 0.6) is 5.88 Å². The van der Waals surface area contributed by atoms with Crippen molar-refractivity contribution in [2.75, 3.05) is 31.3 Å². The fourth-order valence-electron chi connectivity index (χ4n) is 2.64. The van der Waals surface area contributed by atoms with Crippen LogP contribution in [-0.2, 0) is 14.8 Å². The van der Waals surface area contributed by atoms with E-state index in [0.29, 0.717) is 43.9 Å². The van der Waals surface area contributed by atoms with Gasteiger partial charge in [-0.3, -0.25) is 4.79 Å². The molecule has 134 valence electrons. The first-order valence-electron chi connectivity index (χ1n) is 8.29. The summed E-state index contributed by atoms with van der Waals surface area (Å²) in [6, 6.07) is 3.38. The highest BCUT2D eigenvalue weighted by atomic mass is 32.2. The molecule has 0 spiro atoms. The zero-order valence-electron chi connectivity index (χ0n) is 14.0. The maximum Gasteiger partial charge on any atom is 0.224 e. The number of aromatic nitrogens is 1. The van der Waals surface area contributed by atoms with E-state index in [9.17, 15) is 13.2 Å². The summed E-state index contributed by atoms with van der Waals surface area (Å²) in [5.41, 5.74) is 0.599. The van der Waals surface area contributed by atoms with Crippen molar-refractivity contribution >= 4 is 21.6 Å². The summed E-state index contributed by atoms with van der Waals surface area (Å²) in [6.45, 7) is 1.26. The fraction of sp³-hybridized carbons (Fsp3) is 0.625. The van der Waals surface area contributed by atoms with Crippen LogP contribution in [-0.4, -0.2) is 49.6 Å². The number of hydrogen-bond acceptors (Lipinski definition) is 5. The highest BCUT2D eigenvalue weighted by Gasteiger charge is 2.23. The monoisotopic (exact) mass is 355 g/mol. The minimum atomic E-state index is -3.17. The Morgan fingerprint density at radius 2 is 2.00 bits per heavy atom. The summed E-state index contributed by atoms with van der Waals surface area (Å²) in [6.07, 6.45) is 5.84. The molecule has 0 atom stereocenters. The Morgan fingerprint density at radius 1 is 1.25 bits per heavy atom. The van der Waals surface area contributed by atoms with E-state index in [1.165, 1.54) is 13.3 Å². The molecule has 1 aliphatic heterocycles. The second-order valence-electron chi connectivity index (χ2n) is 5.87. The molecule has 7 nitrogen and oxygen atoms in total. The summed E-state index contributed by atoms with van der Waals surface area (Å²) in [7, 11) is -1.64. The number of rotatable bonds is 8. The number of sulfonamides is 1. The van der Waals surface area contributed by atoms with Gasteiger partial charge in [-0.25, -0.2) is 17.7 Å². The van der Waals surface area contributed by atoms with Gasteiger partial charge < -0.3 is 10.1 Å². The number of hydrogen-bond donors (Lipinski definition) is 1. The van der Waals surface area contributed by atoms with Gasteiger partial charge in [0, 0.05) is 25.6 Å². The lowest BCUT2D eigenvalue weighted by Gasteiger charge is -2.25. The van der Waals surface area contributed by atoms with E-state index >= 15 is 0 Å². The largest absolute Gasteiger partial charge is 0.481 e. The highest BCUT2D eigenvalue weighted by Crippen LogP contribution is 2.15. The van der Waals surface area contributed by atoms with Crippen molar-refractivity contribution in [1.82, 2.24) is 9.29 Å². The van der Waals surface area contributed by atoms with E-state index in [0.717, 1.165) is 19.3 Å². The highest BCUT2D eigenvalue weighted by molar-refractivity contribution is 7.89. The van der Waals surface area contributed by atoms with Crippen LogP contribution in [0.4, 0.5) is 5.69 Å². The summed E-state index contributed by atoms with van der Waals surface area (Å²) >= 11 is 0. The van der Waals surface area contributed by atoms with E-state index in [-0.39, 0.29) is 11.7 Å². The second-order valence-corrected chi connectivity index (χ2v) is 7.96. The molecule has 0 aliphatic carbocycles. The Hall–Kier alpha value is -1.67. The molecule has 1 aromatic rings. The van der Waals surface area contributed by atoms with Gasteiger partial charge in [0.15, 0.2) is 0 Å². The van der Waals surface area contributed by atoms with Gasteiger partial charge in [0.2, 0.25) is 21.8 Å². The number of pyridine rings is 1. The average molecular weight is 355 g/mol. The zero-order valence-corrected chi connectivity index (χ0v) is 14.8. The van der Waals surface area contributed by atoms with Crippen LogP contribution >= 0.6 is 0 Å². The van der Waals surface area contributed by atoms with Crippen LogP contribution in [0.1, 0.15) is 38.5 Å². The quantitative estimate of drug-likeness (QED) is 0.721. The van der Waals surface area contributed by atoms with E-state index in [1.54, 1.807) is 16.4 Å². The molecule has 0 bridgehead atoms. The molecule has 0 saturated carbocycles. The number of amides is 1. The Kier molecular flexibility index (Phi) is 6.99. The van der Waals surface area contributed by atoms with Gasteiger partial charge in [0.25, 0.3) is 0 Å². The smallest absolute Gasteiger partial charge is 0.224 e. The fourth-order valence-corrected chi connectivity index (χ4v) is 4.28. The molecule has 0 aromatic carbocycles. The Morgan fingerprint density at radius 3 is 2.62 bits per heavy atom. The number of unbranched alkanes of at least 4 members (excludes halogenated alkanes) is 1. The van der Waals surface area contributed by atoms with Gasteiger partial charge in [-0.05, 0) is 31.7 Å². The molecule has 2 rings (SSSR count). The maximum atomic E-state index is 12.2. The van der Waals surface area contributed by atoms with Gasteiger partial charge >= 0.3 is 0 Å². The summed E-state index contributed by atoms with van der Waals surface area (Å²) < 4.78 is 30.9. The number of piperidine rings is 1. The molecule has 2 heterocycles. The summed E-state index contributed by atoms with van der Waals surface area (Å²) in [4.78, 5) is 15.9. The number of ether oxygens (including phenoxy) is 1. The molecule has 1 saturated heterocycles. The molecule has 8 heteroatoms. The standard InChI is InChI=1S/C16H25N3O4S/c1-23-16-9-8-14(13-17-16)18-15(20)7-3-6-12-24(21,22)19-10-4-2-5-11-19/h8-9,13H,2-7,10-12H2,1H3,(H,18,20). The molecular formula is C16H25N3O4S. The number of anilines is 1. The first kappa shape index (κ1) is 18.7. The van der Waals surface area contributed by atoms with E-state index in [2.05, 4.69) is 10.3 Å². The van der Waals surface area contributed by atoms with Crippen LogP contribution < -0.4 is 10.1 Å². The van der Waals surface area contributed by atoms with Crippen molar-refractivity contribution in [1.29, 1.82) is 0 Å². The topological polar surface area (TPSA) is 88.6 Å². The minimum absolute atomic E-state index is 0.115. The predicted octanol–water partition coefficient (Wildman–Crippen LogP) is 2.01. The lowest BCUT2D eigenvalue weighted by molar-refractivity contribution is -0.116. The third kappa shape index (κ3) is 5.76. The summed E-state index contributed by atoms with van der Waals surface area (Å²) in [5.74, 6) is 0.456. The maximum absolute atomic E-state index is 12.2. The van der Waals surface area contributed by atoms with Crippen LogP contribution in [0.2, 0.25) is 0 Å². The molecule has 1 N–H and O–H groups in total. The van der Waals surface area contributed by atoms with Gasteiger partial charge in [0.1, 0.15) is 0 Å². The van der Waals surface area contributed by atoms with E-state index in [4.69, 9.17) is 4.74 Å². The Labute approximate surface area is 143 Å². The Balaban J connectivity index is 1.68. The molecule has 1 fully saturated rings. The van der Waals surface area contributed by atoms with Crippen LogP contribution in [0, 0.1) is 0 Å². The molecule has 1 aromatic heterocycles. The van der Waals surface area contributed by atoms with Crippen molar-refractivity contribution < 1.29 is 17.9 Å². The van der Waals surface area contributed by atoms with Gasteiger partial charge in [-0.2, -0.15) is 0 Å². The summed E-state index contributed by atoms with van der Waals surface area (Å²) in [5, 5.41) is 2.74. The van der Waals surface area contributed by atoms with Crippen LogP contribution in [0.25, 0.3) is 0 Å². The first-order valence-corrected chi connectivity index (χ1v) is 9.90. The van der Waals surface area contributed by atoms with Gasteiger partial charge in [-0.1, -0.05) is 6.42 Å². The van der Waals surface area contributed by atoms with Gasteiger partial charge in [0.05, 0.1) is 24.7 Å². The average Bonchev–Trinajstić information content (AvgIpc) is 2.60. The molecule has 24 heavy (non-hydrogen) atoms. The lowest BCUT2D eigenvalue weighted by atomic mass is 10.2. The zero-order chi connectivity index (χ0) is 17.4. The van der Waals surface area contributed by atoms with Crippen LogP contribution in [0.15, 0.2) is 18.3 Å². The number of carbonyl (C=O) groups excluding carboxylic acids is 1. The lowest BCUT2D eigenvalue weighted by Crippen LogP contribution is -2.37. The van der Waals surface area contributed by atoms with Gasteiger partial charge in [-0.15, -0.1) is 0 Å². The SMILES string of the molecule is COc1ccc(NC(=O)CCCCS(=O)(=O)N2CCCCC2)cn1. The Bertz CT molecular complexity index is 625. The van der Waals surface area contributed by atoms with Crippen molar-refractivity contribution in [3.8, 4) is 5.88 Å². The number of methoxy groups -OCH3 is 1. The third-order valence-corrected chi connectivity index (χ3v) is 5.95.